The average molecular weight is 310 g/mol. The van der Waals surface area contributed by atoms with Crippen LogP contribution in [0.1, 0.15) is 5.56 Å². The molecule has 0 saturated heterocycles. The molecule has 0 bridgehead atoms. The zero-order valence-corrected chi connectivity index (χ0v) is 12.7. The van der Waals surface area contributed by atoms with E-state index in [-0.39, 0.29) is 0 Å². The highest BCUT2D eigenvalue weighted by molar-refractivity contribution is 7.71. The lowest BCUT2D eigenvalue weighted by molar-refractivity contribution is 0.415. The van der Waals surface area contributed by atoms with Gasteiger partial charge in [0.1, 0.15) is 5.75 Å². The highest BCUT2D eigenvalue weighted by Gasteiger charge is 2.06. The van der Waals surface area contributed by atoms with Gasteiger partial charge >= 0.3 is 0 Å². The predicted octanol–water partition coefficient (Wildman–Crippen LogP) is 3.50. The number of hydrogen-bond acceptors (Lipinski definition) is 4. The first kappa shape index (κ1) is 14.2. The van der Waals surface area contributed by atoms with Crippen LogP contribution in [0.25, 0.3) is 11.4 Å². The monoisotopic (exact) mass is 310 g/mol. The number of methoxy groups -OCH3 is 1. The molecule has 22 heavy (non-hydrogen) atoms. The third kappa shape index (κ3) is 2.96. The van der Waals surface area contributed by atoms with Crippen molar-refractivity contribution >= 4 is 18.4 Å². The number of rotatable bonds is 4. The van der Waals surface area contributed by atoms with Crippen LogP contribution >= 0.6 is 12.2 Å². The van der Waals surface area contributed by atoms with Crippen LogP contribution < -0.4 is 4.74 Å². The number of nitrogens with one attached hydrogen (secondary N) is 1. The maximum Gasteiger partial charge on any atom is 0.216 e. The molecule has 0 amide bonds. The van der Waals surface area contributed by atoms with Gasteiger partial charge in [-0.15, -0.1) is 0 Å². The Bertz CT molecular complexity index is 835. The second kappa shape index (κ2) is 6.36. The fourth-order valence-electron chi connectivity index (χ4n) is 1.99. The molecule has 1 aromatic heterocycles. The van der Waals surface area contributed by atoms with Crippen LogP contribution in [0.2, 0.25) is 0 Å². The minimum atomic E-state index is 0.448. The van der Waals surface area contributed by atoms with Crippen LogP contribution in [0.15, 0.2) is 59.7 Å². The van der Waals surface area contributed by atoms with Crippen molar-refractivity contribution in [2.75, 3.05) is 7.11 Å². The number of hydrogen-bond donors (Lipinski definition) is 1. The van der Waals surface area contributed by atoms with Gasteiger partial charge in [0, 0.05) is 5.56 Å². The first-order valence-corrected chi connectivity index (χ1v) is 7.10. The van der Waals surface area contributed by atoms with Gasteiger partial charge in [0.2, 0.25) is 4.77 Å². The standard InChI is InChI=1S/C16H14N4OS/c1-21-14-9-7-12(8-10-14)11-17-20-15(18-19-16(20)22)13-5-3-2-4-6-13/h2-11H,1H3,(H,19,22). The van der Waals surface area contributed by atoms with Crippen molar-refractivity contribution in [2.24, 2.45) is 5.10 Å². The third-order valence-electron chi connectivity index (χ3n) is 3.12. The van der Waals surface area contributed by atoms with Crippen molar-refractivity contribution in [3.8, 4) is 17.1 Å². The number of H-pyrrole nitrogens is 1. The van der Waals surface area contributed by atoms with Gasteiger partial charge < -0.3 is 4.74 Å². The van der Waals surface area contributed by atoms with Gasteiger partial charge in [-0.05, 0) is 42.0 Å². The Hall–Kier alpha value is -2.73. The number of ether oxygens (including phenoxy) is 1. The van der Waals surface area contributed by atoms with Crippen LogP contribution in [0.4, 0.5) is 0 Å². The summed E-state index contributed by atoms with van der Waals surface area (Å²) in [6.07, 6.45) is 1.73. The van der Waals surface area contributed by atoms with E-state index in [0.717, 1.165) is 16.9 Å². The first-order chi connectivity index (χ1) is 10.8. The Morgan fingerprint density at radius 3 is 2.55 bits per heavy atom. The SMILES string of the molecule is COc1ccc(C=Nn2c(-c3ccccc3)n[nH]c2=S)cc1. The second-order valence-electron chi connectivity index (χ2n) is 4.55. The second-order valence-corrected chi connectivity index (χ2v) is 4.93. The molecule has 0 aliphatic heterocycles. The number of nitrogens with zero attached hydrogens (tertiary/aromatic N) is 3. The van der Waals surface area contributed by atoms with Gasteiger partial charge in [-0.25, -0.2) is 5.10 Å². The van der Waals surface area contributed by atoms with Crippen LogP contribution in [0.3, 0.4) is 0 Å². The van der Waals surface area contributed by atoms with Gasteiger partial charge in [-0.2, -0.15) is 14.9 Å². The van der Waals surface area contributed by atoms with E-state index in [1.807, 2.05) is 54.6 Å². The quantitative estimate of drug-likeness (QED) is 0.593. The zero-order chi connectivity index (χ0) is 15.4. The van der Waals surface area contributed by atoms with Gasteiger partial charge in [0.15, 0.2) is 5.82 Å². The maximum atomic E-state index is 5.24. The summed E-state index contributed by atoms with van der Waals surface area (Å²) in [5.74, 6) is 1.48. The Kier molecular flexibility index (Phi) is 4.11. The van der Waals surface area contributed by atoms with Crippen LogP contribution in [-0.4, -0.2) is 28.2 Å². The lowest BCUT2D eigenvalue weighted by Gasteiger charge is -2.01. The summed E-state index contributed by atoms with van der Waals surface area (Å²) in [6, 6.07) is 17.4. The summed E-state index contributed by atoms with van der Waals surface area (Å²) < 4.78 is 7.19. The topological polar surface area (TPSA) is 55.2 Å². The van der Waals surface area contributed by atoms with Crippen molar-refractivity contribution in [1.82, 2.24) is 14.9 Å². The molecule has 0 atom stereocenters. The molecule has 0 aliphatic carbocycles. The van der Waals surface area contributed by atoms with E-state index >= 15 is 0 Å². The molecule has 3 rings (SSSR count). The molecule has 0 radical (unpaired) electrons. The smallest absolute Gasteiger partial charge is 0.216 e. The maximum absolute atomic E-state index is 5.24. The van der Waals surface area contributed by atoms with Gasteiger partial charge in [0.05, 0.1) is 13.3 Å². The van der Waals surface area contributed by atoms with E-state index < -0.39 is 0 Å². The Morgan fingerprint density at radius 2 is 1.86 bits per heavy atom. The summed E-state index contributed by atoms with van der Waals surface area (Å²) in [5, 5.41) is 11.4. The summed E-state index contributed by atoms with van der Waals surface area (Å²) in [4.78, 5) is 0. The molecule has 3 aromatic rings. The minimum Gasteiger partial charge on any atom is -0.497 e. The summed E-state index contributed by atoms with van der Waals surface area (Å²) in [6.45, 7) is 0. The average Bonchev–Trinajstić information content (AvgIpc) is 2.95. The van der Waals surface area contributed by atoms with E-state index in [2.05, 4.69) is 15.3 Å². The molecule has 110 valence electrons. The first-order valence-electron chi connectivity index (χ1n) is 6.69. The molecule has 0 fully saturated rings. The van der Waals surface area contributed by atoms with E-state index in [9.17, 15) is 0 Å². The van der Waals surface area contributed by atoms with Gasteiger partial charge in [-0.3, -0.25) is 0 Å². The van der Waals surface area contributed by atoms with Crippen molar-refractivity contribution in [1.29, 1.82) is 0 Å². The van der Waals surface area contributed by atoms with Crippen LogP contribution in [0, 0.1) is 4.77 Å². The Balaban J connectivity index is 1.93. The van der Waals surface area contributed by atoms with E-state index in [1.165, 1.54) is 0 Å². The van der Waals surface area contributed by atoms with Crippen LogP contribution in [0.5, 0.6) is 5.75 Å². The Labute approximate surface area is 132 Å². The molecular formula is C16H14N4OS. The number of benzene rings is 2. The number of aromatic nitrogens is 3. The van der Waals surface area contributed by atoms with E-state index in [1.54, 1.807) is 18.0 Å². The number of aromatic amines is 1. The largest absolute Gasteiger partial charge is 0.497 e. The van der Waals surface area contributed by atoms with Gasteiger partial charge in [-0.1, -0.05) is 30.3 Å². The fourth-order valence-corrected chi connectivity index (χ4v) is 2.17. The highest BCUT2D eigenvalue weighted by atomic mass is 32.1. The summed E-state index contributed by atoms with van der Waals surface area (Å²) in [5.41, 5.74) is 1.89. The molecule has 5 nitrogen and oxygen atoms in total. The molecule has 0 aliphatic rings. The molecule has 6 heteroatoms. The lowest BCUT2D eigenvalue weighted by Crippen LogP contribution is -1.95. The third-order valence-corrected chi connectivity index (χ3v) is 3.38. The normalized spacial score (nSPS) is 11.0. The van der Waals surface area contributed by atoms with Crippen molar-refractivity contribution < 1.29 is 4.74 Å². The summed E-state index contributed by atoms with van der Waals surface area (Å²) in [7, 11) is 1.64. The van der Waals surface area contributed by atoms with Crippen LogP contribution in [-0.2, 0) is 0 Å². The molecule has 2 aromatic carbocycles. The van der Waals surface area contributed by atoms with E-state index in [4.69, 9.17) is 17.0 Å². The lowest BCUT2D eigenvalue weighted by atomic mass is 10.2. The molecule has 1 heterocycles. The molecular weight excluding hydrogens is 296 g/mol. The van der Waals surface area contributed by atoms with Crippen molar-refractivity contribution in [3.05, 3.63) is 64.9 Å². The summed E-state index contributed by atoms with van der Waals surface area (Å²) >= 11 is 5.24. The minimum absolute atomic E-state index is 0.448. The molecule has 0 spiro atoms. The zero-order valence-electron chi connectivity index (χ0n) is 11.9. The van der Waals surface area contributed by atoms with Crippen molar-refractivity contribution in [2.45, 2.75) is 0 Å². The van der Waals surface area contributed by atoms with Crippen molar-refractivity contribution in [3.63, 3.8) is 0 Å². The highest BCUT2D eigenvalue weighted by Crippen LogP contribution is 2.16. The predicted molar refractivity (Wildman–Crippen MR) is 88.8 cm³/mol. The van der Waals surface area contributed by atoms with Gasteiger partial charge in [0.25, 0.3) is 0 Å². The Morgan fingerprint density at radius 1 is 1.14 bits per heavy atom. The molecule has 1 N–H and O–H groups in total. The van der Waals surface area contributed by atoms with E-state index in [0.29, 0.717) is 10.6 Å². The molecule has 0 saturated carbocycles. The fraction of sp³-hybridized carbons (Fsp3) is 0.0625. The molecule has 0 unspecified atom stereocenters.